The van der Waals surface area contributed by atoms with Crippen molar-refractivity contribution in [3.05, 3.63) is 0 Å². The van der Waals surface area contributed by atoms with E-state index in [9.17, 15) is 0 Å². The predicted octanol–water partition coefficient (Wildman–Crippen LogP) is 1.31. The van der Waals surface area contributed by atoms with Crippen LogP contribution in [0.4, 0.5) is 0 Å². The summed E-state index contributed by atoms with van der Waals surface area (Å²) in [6.07, 6.45) is 5.56. The molecular formula is C11H23NO2. The normalized spacial score (nSPS) is 27.0. The van der Waals surface area contributed by atoms with Crippen LogP contribution >= 0.6 is 0 Å². The first-order valence-electron chi connectivity index (χ1n) is 5.72. The van der Waals surface area contributed by atoms with E-state index in [0.717, 1.165) is 39.0 Å². The van der Waals surface area contributed by atoms with Crippen molar-refractivity contribution in [2.24, 2.45) is 0 Å². The molecule has 0 amide bonds. The van der Waals surface area contributed by atoms with Crippen molar-refractivity contribution >= 4 is 0 Å². The molecule has 0 bridgehead atoms. The predicted molar refractivity (Wildman–Crippen MR) is 57.4 cm³/mol. The molecule has 1 aliphatic rings. The highest BCUT2D eigenvalue weighted by molar-refractivity contribution is 4.82. The number of ether oxygens (including phenoxy) is 1. The first-order valence-corrected chi connectivity index (χ1v) is 5.72. The summed E-state index contributed by atoms with van der Waals surface area (Å²) in [4.78, 5) is 0. The molecule has 1 fully saturated rings. The highest BCUT2D eigenvalue weighted by Gasteiger charge is 2.28. The number of rotatable bonds is 7. The van der Waals surface area contributed by atoms with Crippen molar-refractivity contribution in [1.29, 1.82) is 0 Å². The molecule has 0 aromatic carbocycles. The molecule has 0 saturated carbocycles. The summed E-state index contributed by atoms with van der Waals surface area (Å²) < 4.78 is 5.67. The second-order valence-corrected chi connectivity index (χ2v) is 4.36. The van der Waals surface area contributed by atoms with E-state index in [0.29, 0.717) is 6.61 Å². The van der Waals surface area contributed by atoms with Gasteiger partial charge in [0.05, 0.1) is 5.60 Å². The summed E-state index contributed by atoms with van der Waals surface area (Å²) in [7, 11) is 0. The average Bonchev–Trinajstić information content (AvgIpc) is 2.59. The van der Waals surface area contributed by atoms with Gasteiger partial charge in [0, 0.05) is 19.8 Å². The van der Waals surface area contributed by atoms with Gasteiger partial charge in [0.25, 0.3) is 0 Å². The van der Waals surface area contributed by atoms with Crippen LogP contribution in [0.25, 0.3) is 0 Å². The minimum absolute atomic E-state index is 0.0803. The molecule has 1 aliphatic heterocycles. The standard InChI is InChI=1S/C11H23NO2/c1-11(6-5-9-14-11)10-12-7-3-2-4-8-13/h12-13H,2-10H2,1H3. The summed E-state index contributed by atoms with van der Waals surface area (Å²) in [6.45, 7) is 5.43. The van der Waals surface area contributed by atoms with Crippen molar-refractivity contribution in [1.82, 2.24) is 5.32 Å². The van der Waals surface area contributed by atoms with Crippen molar-refractivity contribution in [2.45, 2.75) is 44.6 Å². The van der Waals surface area contributed by atoms with Gasteiger partial charge in [0.2, 0.25) is 0 Å². The Balaban J connectivity index is 1.92. The fourth-order valence-corrected chi connectivity index (χ4v) is 1.87. The lowest BCUT2D eigenvalue weighted by Crippen LogP contribution is -2.37. The average molecular weight is 201 g/mol. The highest BCUT2D eigenvalue weighted by Crippen LogP contribution is 2.23. The van der Waals surface area contributed by atoms with Gasteiger partial charge in [-0.2, -0.15) is 0 Å². The Morgan fingerprint density at radius 2 is 2.21 bits per heavy atom. The highest BCUT2D eigenvalue weighted by atomic mass is 16.5. The third-order valence-electron chi connectivity index (χ3n) is 2.81. The molecule has 0 aromatic heterocycles. The maximum Gasteiger partial charge on any atom is 0.0779 e. The van der Waals surface area contributed by atoms with Crippen LogP contribution in [-0.4, -0.2) is 37.0 Å². The second-order valence-electron chi connectivity index (χ2n) is 4.36. The van der Waals surface area contributed by atoms with E-state index >= 15 is 0 Å². The van der Waals surface area contributed by atoms with Crippen LogP contribution < -0.4 is 5.32 Å². The van der Waals surface area contributed by atoms with Crippen molar-refractivity contribution < 1.29 is 9.84 Å². The summed E-state index contributed by atoms with van der Waals surface area (Å²) >= 11 is 0. The van der Waals surface area contributed by atoms with E-state index in [1.54, 1.807) is 0 Å². The van der Waals surface area contributed by atoms with Gasteiger partial charge in [0.15, 0.2) is 0 Å². The van der Waals surface area contributed by atoms with E-state index < -0.39 is 0 Å². The zero-order valence-electron chi connectivity index (χ0n) is 9.22. The molecule has 0 aliphatic carbocycles. The number of unbranched alkanes of at least 4 members (excludes halogenated alkanes) is 2. The lowest BCUT2D eigenvalue weighted by atomic mass is 10.0. The van der Waals surface area contributed by atoms with Crippen molar-refractivity contribution in [3.8, 4) is 0 Å². The van der Waals surface area contributed by atoms with Crippen LogP contribution in [0, 0.1) is 0 Å². The molecule has 0 aromatic rings. The SMILES string of the molecule is CC1(CNCCCCCO)CCCO1. The van der Waals surface area contributed by atoms with Crippen LogP contribution in [0.1, 0.15) is 39.0 Å². The van der Waals surface area contributed by atoms with Crippen LogP contribution in [0.3, 0.4) is 0 Å². The zero-order chi connectivity index (χ0) is 10.3. The fraction of sp³-hybridized carbons (Fsp3) is 1.00. The van der Waals surface area contributed by atoms with E-state index in [-0.39, 0.29) is 5.60 Å². The number of hydrogen-bond acceptors (Lipinski definition) is 3. The number of aliphatic hydroxyl groups excluding tert-OH is 1. The van der Waals surface area contributed by atoms with Gasteiger partial charge >= 0.3 is 0 Å². The second kappa shape index (κ2) is 6.38. The van der Waals surface area contributed by atoms with Gasteiger partial charge in [-0.05, 0) is 45.6 Å². The molecule has 1 saturated heterocycles. The Morgan fingerprint density at radius 1 is 1.36 bits per heavy atom. The Bertz CT molecular complexity index is 144. The zero-order valence-corrected chi connectivity index (χ0v) is 9.22. The van der Waals surface area contributed by atoms with Gasteiger partial charge in [-0.25, -0.2) is 0 Å². The molecule has 1 rings (SSSR count). The molecule has 3 nitrogen and oxygen atoms in total. The Hall–Kier alpha value is -0.120. The summed E-state index contributed by atoms with van der Waals surface area (Å²) in [5.74, 6) is 0. The van der Waals surface area contributed by atoms with Crippen molar-refractivity contribution in [3.63, 3.8) is 0 Å². The molecule has 84 valence electrons. The first-order chi connectivity index (χ1) is 6.77. The molecule has 1 atom stereocenters. The number of nitrogens with one attached hydrogen (secondary N) is 1. The van der Waals surface area contributed by atoms with Crippen LogP contribution in [-0.2, 0) is 4.74 Å². The van der Waals surface area contributed by atoms with E-state index in [1.807, 2.05) is 0 Å². The van der Waals surface area contributed by atoms with Gasteiger partial charge in [-0.3, -0.25) is 0 Å². The third-order valence-corrected chi connectivity index (χ3v) is 2.81. The Morgan fingerprint density at radius 3 is 2.86 bits per heavy atom. The Labute approximate surface area is 86.8 Å². The molecule has 0 spiro atoms. The smallest absolute Gasteiger partial charge is 0.0779 e. The quantitative estimate of drug-likeness (QED) is 0.610. The fourth-order valence-electron chi connectivity index (χ4n) is 1.87. The monoisotopic (exact) mass is 201 g/mol. The molecule has 2 N–H and O–H groups in total. The summed E-state index contributed by atoms with van der Waals surface area (Å²) in [5.41, 5.74) is 0.0803. The maximum atomic E-state index is 8.60. The lowest BCUT2D eigenvalue weighted by Gasteiger charge is -2.23. The first kappa shape index (κ1) is 12.0. The summed E-state index contributed by atoms with van der Waals surface area (Å²) in [5, 5.41) is 12.0. The Kier molecular flexibility index (Phi) is 5.45. The van der Waals surface area contributed by atoms with E-state index in [1.165, 1.54) is 12.8 Å². The maximum absolute atomic E-state index is 8.60. The minimum atomic E-state index is 0.0803. The van der Waals surface area contributed by atoms with Crippen LogP contribution in [0.15, 0.2) is 0 Å². The summed E-state index contributed by atoms with van der Waals surface area (Å²) in [6, 6.07) is 0. The third kappa shape index (κ3) is 4.40. The van der Waals surface area contributed by atoms with Gasteiger partial charge in [0.1, 0.15) is 0 Å². The molecule has 14 heavy (non-hydrogen) atoms. The topological polar surface area (TPSA) is 41.5 Å². The molecule has 1 unspecified atom stereocenters. The molecule has 3 heteroatoms. The minimum Gasteiger partial charge on any atom is -0.396 e. The van der Waals surface area contributed by atoms with Crippen molar-refractivity contribution in [2.75, 3.05) is 26.3 Å². The van der Waals surface area contributed by atoms with Crippen LogP contribution in [0.2, 0.25) is 0 Å². The molecular weight excluding hydrogens is 178 g/mol. The van der Waals surface area contributed by atoms with Gasteiger partial charge in [-0.15, -0.1) is 0 Å². The van der Waals surface area contributed by atoms with Gasteiger partial charge in [-0.1, -0.05) is 0 Å². The molecule has 1 heterocycles. The van der Waals surface area contributed by atoms with E-state index in [4.69, 9.17) is 9.84 Å². The van der Waals surface area contributed by atoms with E-state index in [2.05, 4.69) is 12.2 Å². The number of hydrogen-bond donors (Lipinski definition) is 2. The van der Waals surface area contributed by atoms with Gasteiger partial charge < -0.3 is 15.2 Å². The molecule has 0 radical (unpaired) electrons. The largest absolute Gasteiger partial charge is 0.396 e. The number of aliphatic hydroxyl groups is 1. The lowest BCUT2D eigenvalue weighted by molar-refractivity contribution is 0.0210. The van der Waals surface area contributed by atoms with Crippen LogP contribution in [0.5, 0.6) is 0 Å².